The van der Waals surface area contributed by atoms with Crippen LogP contribution in [0, 0.1) is 31.9 Å². The molecule has 0 bridgehead atoms. The zero-order chi connectivity index (χ0) is 43.9. The second kappa shape index (κ2) is 18.9. The molecule has 0 unspecified atom stereocenters. The maximum absolute atomic E-state index is 6.51. The fourth-order valence-corrected chi connectivity index (χ4v) is 12.1. The molecule has 0 aliphatic carbocycles. The summed E-state index contributed by atoms with van der Waals surface area (Å²) in [6.07, 6.45) is 3.27. The molecule has 0 aliphatic rings. The molecular formula is C56H58GeIrN4O-2. The van der Waals surface area contributed by atoms with Gasteiger partial charge in [0.2, 0.25) is 0 Å². The van der Waals surface area contributed by atoms with Crippen molar-refractivity contribution in [3.05, 3.63) is 162 Å². The number of pyridine rings is 2. The molecular weight excluding hydrogens is 1010 g/mol. The van der Waals surface area contributed by atoms with Crippen LogP contribution in [0.3, 0.4) is 0 Å². The van der Waals surface area contributed by atoms with Gasteiger partial charge in [-0.25, -0.2) is 0 Å². The zero-order valence-electron chi connectivity index (χ0n) is 38.5. The number of rotatable bonds is 9. The third kappa shape index (κ3) is 9.41. The van der Waals surface area contributed by atoms with Gasteiger partial charge in [-0.15, -0.1) is 18.2 Å². The van der Waals surface area contributed by atoms with Crippen LogP contribution >= 0.6 is 0 Å². The number of imidazole rings is 1. The number of aromatic nitrogens is 4. The van der Waals surface area contributed by atoms with Gasteiger partial charge in [-0.1, -0.05) is 87.2 Å². The SMILES string of the molecule is CC(C)Cc1cc(-c2[c-]cccc2)nc[c]1[Ge]([CH3])([CH3])[CH3].Cc1cc2c(nc(-c3[c-]ccc4c3oc3ccccc34)n2-c2c(C(C)C)cc(-c3ccccc3)cc2C(C)C)c(C)n1.[Ir]. The van der Waals surface area contributed by atoms with Crippen molar-refractivity contribution in [1.29, 1.82) is 0 Å². The van der Waals surface area contributed by atoms with Crippen LogP contribution in [0.5, 0.6) is 0 Å². The molecule has 0 atom stereocenters. The Morgan fingerprint density at radius 1 is 0.698 bits per heavy atom. The van der Waals surface area contributed by atoms with Gasteiger partial charge < -0.3 is 8.98 Å². The van der Waals surface area contributed by atoms with Crippen LogP contribution in [0.2, 0.25) is 17.3 Å². The number of hydrogen-bond donors (Lipinski definition) is 0. The summed E-state index contributed by atoms with van der Waals surface area (Å²) in [6, 6.07) is 47.0. The first-order chi connectivity index (χ1) is 29.7. The van der Waals surface area contributed by atoms with Gasteiger partial charge in [-0.05, 0) is 72.2 Å². The van der Waals surface area contributed by atoms with Gasteiger partial charge in [-0.2, -0.15) is 0 Å². The standard InChI is InChI=1S/C38H34N3O.C18H24GeN.Ir/c1-22(2)31-20-27(26-13-8-7-9-14-26)21-32(23(3)4)36(31)41-33-19-24(5)39-25(6)35(33)40-38(41)30-17-12-16-29-28-15-10-11-18-34(28)42-37(29)30;1-14(2)11-16-12-18(15-9-7-6-8-10-15)20-13-17(16)19(3,4)5;/h7-16,18-23H,1-6H3;6-9,12-14H,11H2,1-5H3;/q2*-1;. The van der Waals surface area contributed by atoms with Gasteiger partial charge in [0.25, 0.3) is 0 Å². The number of para-hydroxylation sites is 1. The van der Waals surface area contributed by atoms with Crippen molar-refractivity contribution < 1.29 is 24.5 Å². The van der Waals surface area contributed by atoms with Gasteiger partial charge in [0.15, 0.2) is 0 Å². The molecule has 0 saturated carbocycles. The van der Waals surface area contributed by atoms with Crippen LogP contribution in [-0.4, -0.2) is 32.8 Å². The quantitative estimate of drug-likeness (QED) is 0.107. The summed E-state index contributed by atoms with van der Waals surface area (Å²) in [5, 5.41) is 2.16. The van der Waals surface area contributed by atoms with E-state index in [4.69, 9.17) is 19.4 Å². The van der Waals surface area contributed by atoms with Gasteiger partial charge >= 0.3 is 126 Å². The fraction of sp³-hybridized carbons (Fsp3) is 0.268. The molecule has 5 aromatic carbocycles. The van der Waals surface area contributed by atoms with E-state index in [-0.39, 0.29) is 31.9 Å². The first kappa shape index (κ1) is 45.9. The Morgan fingerprint density at radius 2 is 1.38 bits per heavy atom. The zero-order valence-corrected chi connectivity index (χ0v) is 43.0. The molecule has 7 heteroatoms. The monoisotopic (exact) mass is 1070 g/mol. The first-order valence-electron chi connectivity index (χ1n) is 22.1. The summed E-state index contributed by atoms with van der Waals surface area (Å²) in [6.45, 7) is 17.8. The minimum atomic E-state index is -1.86. The Morgan fingerprint density at radius 3 is 2.03 bits per heavy atom. The van der Waals surface area contributed by atoms with Crippen LogP contribution in [-0.2, 0) is 26.5 Å². The number of hydrogen-bond acceptors (Lipinski definition) is 4. The van der Waals surface area contributed by atoms with Crippen molar-refractivity contribution in [3.8, 4) is 39.5 Å². The van der Waals surface area contributed by atoms with Crippen LogP contribution in [0.15, 0.2) is 126 Å². The molecule has 4 aromatic heterocycles. The number of fused-ring (bicyclic) bond motifs is 4. The van der Waals surface area contributed by atoms with Crippen molar-refractivity contribution >= 4 is 50.6 Å². The number of benzene rings is 5. The van der Waals surface area contributed by atoms with E-state index in [9.17, 15) is 0 Å². The van der Waals surface area contributed by atoms with E-state index >= 15 is 0 Å². The van der Waals surface area contributed by atoms with Gasteiger partial charge in [0, 0.05) is 36.9 Å². The van der Waals surface area contributed by atoms with E-state index in [1.807, 2.05) is 43.3 Å². The summed E-state index contributed by atoms with van der Waals surface area (Å²) in [5.74, 6) is 9.37. The molecule has 0 amide bonds. The topological polar surface area (TPSA) is 56.7 Å². The summed E-state index contributed by atoms with van der Waals surface area (Å²) < 4.78 is 10.4. The summed E-state index contributed by atoms with van der Waals surface area (Å²) in [5.41, 5.74) is 16.2. The summed E-state index contributed by atoms with van der Waals surface area (Å²) in [4.78, 5) is 14.8. The summed E-state index contributed by atoms with van der Waals surface area (Å²) in [7, 11) is 0. The van der Waals surface area contributed by atoms with Gasteiger partial charge in [-0.3, -0.25) is 9.97 Å². The Bertz CT molecular complexity index is 3000. The molecule has 0 aliphatic heterocycles. The maximum atomic E-state index is 6.51. The number of furan rings is 1. The molecule has 0 fully saturated rings. The average molecular weight is 1070 g/mol. The average Bonchev–Trinajstić information content (AvgIpc) is 3.82. The second-order valence-corrected chi connectivity index (χ2v) is 29.3. The molecule has 5 nitrogen and oxygen atoms in total. The van der Waals surface area contributed by atoms with Crippen LogP contribution in [0.1, 0.15) is 81.5 Å². The molecule has 9 aromatic rings. The molecule has 63 heavy (non-hydrogen) atoms. The predicted octanol–water partition coefficient (Wildman–Crippen LogP) is 14.6. The third-order valence-electron chi connectivity index (χ3n) is 11.7. The third-order valence-corrected chi connectivity index (χ3v) is 16.0. The van der Waals surface area contributed by atoms with E-state index in [1.165, 1.54) is 33.5 Å². The molecule has 0 spiro atoms. The minimum absolute atomic E-state index is 0. The first-order valence-corrected chi connectivity index (χ1v) is 29.4. The van der Waals surface area contributed by atoms with Crippen LogP contribution in [0.4, 0.5) is 0 Å². The van der Waals surface area contributed by atoms with Crippen LogP contribution < -0.4 is 4.40 Å². The van der Waals surface area contributed by atoms with E-state index < -0.39 is 13.3 Å². The molecule has 4 heterocycles. The number of aryl methyl sites for hydroxylation is 2. The Kier molecular flexibility index (Phi) is 13.8. The normalized spacial score (nSPS) is 11.8. The van der Waals surface area contributed by atoms with E-state index in [1.54, 1.807) is 4.40 Å². The largest absolute Gasteiger partial charge is 0.501 e. The smallest absolute Gasteiger partial charge is 0.120 e. The van der Waals surface area contributed by atoms with Crippen molar-refractivity contribution in [3.63, 3.8) is 0 Å². The second-order valence-electron chi connectivity index (χ2n) is 18.7. The number of nitrogens with zero attached hydrogens (tertiary/aromatic N) is 4. The van der Waals surface area contributed by atoms with E-state index in [0.717, 1.165) is 73.4 Å². The Labute approximate surface area is 390 Å². The molecule has 0 saturated heterocycles. The van der Waals surface area contributed by atoms with Crippen molar-refractivity contribution in [2.45, 2.75) is 90.9 Å². The van der Waals surface area contributed by atoms with Crippen LogP contribution in [0.25, 0.3) is 72.4 Å². The van der Waals surface area contributed by atoms with Crippen molar-refractivity contribution in [2.24, 2.45) is 5.92 Å². The fourth-order valence-electron chi connectivity index (χ4n) is 8.73. The van der Waals surface area contributed by atoms with Crippen molar-refractivity contribution in [2.75, 3.05) is 0 Å². The van der Waals surface area contributed by atoms with E-state index in [2.05, 4.69) is 167 Å². The van der Waals surface area contributed by atoms with Crippen molar-refractivity contribution in [1.82, 2.24) is 19.5 Å². The van der Waals surface area contributed by atoms with Gasteiger partial charge in [0.05, 0.1) is 28.1 Å². The molecule has 1 radical (unpaired) electrons. The minimum Gasteiger partial charge on any atom is -0.501 e. The van der Waals surface area contributed by atoms with E-state index in [0.29, 0.717) is 5.92 Å². The Hall–Kier alpha value is -5.14. The predicted molar refractivity (Wildman–Crippen MR) is 264 cm³/mol. The molecule has 0 N–H and O–H groups in total. The molecule has 9 rings (SSSR count). The Balaban J connectivity index is 0.000000239. The molecule has 323 valence electrons. The van der Waals surface area contributed by atoms with Gasteiger partial charge in [0.1, 0.15) is 5.58 Å². The summed E-state index contributed by atoms with van der Waals surface area (Å²) >= 11 is -1.86. The maximum Gasteiger partial charge on any atom is 0.120 e.